The number of rotatable bonds is 3. The number of benzene rings is 1. The van der Waals surface area contributed by atoms with Crippen LogP contribution in [0.15, 0.2) is 29.8 Å². The molecule has 1 aromatic carbocycles. The third-order valence-corrected chi connectivity index (χ3v) is 3.65. The average Bonchev–Trinajstić information content (AvgIpc) is 2.75. The topological polar surface area (TPSA) is 59.2 Å². The van der Waals surface area contributed by atoms with Gasteiger partial charge in [-0.25, -0.2) is 4.98 Å². The number of hydrogen-bond donors (Lipinski definition) is 1. The molecule has 4 nitrogen and oxygen atoms in total. The zero-order valence-corrected chi connectivity index (χ0v) is 11.2. The van der Waals surface area contributed by atoms with Crippen molar-refractivity contribution in [2.45, 2.75) is 13.5 Å². The maximum atomic E-state index is 12.2. The Hall–Kier alpha value is -1.88. The Morgan fingerprint density at radius 3 is 2.61 bits per heavy atom. The fourth-order valence-electron chi connectivity index (χ4n) is 1.61. The van der Waals surface area contributed by atoms with Gasteiger partial charge in [-0.1, -0.05) is 0 Å². The van der Waals surface area contributed by atoms with E-state index in [0.717, 1.165) is 10.6 Å². The molecule has 0 fully saturated rings. The zero-order valence-electron chi connectivity index (χ0n) is 10.4. The first-order valence-electron chi connectivity index (χ1n) is 5.58. The summed E-state index contributed by atoms with van der Waals surface area (Å²) in [7, 11) is 1.79. The molecular formula is C13H15N3OS. The van der Waals surface area contributed by atoms with Gasteiger partial charge in [-0.2, -0.15) is 0 Å². The van der Waals surface area contributed by atoms with E-state index in [-0.39, 0.29) is 5.91 Å². The molecule has 1 amide bonds. The lowest BCUT2D eigenvalue weighted by Gasteiger charge is -2.16. The number of aromatic nitrogens is 1. The number of carbonyl (C=O) groups excluding carboxylic acids is 1. The lowest BCUT2D eigenvalue weighted by Crippen LogP contribution is -2.26. The Balaban J connectivity index is 2.09. The molecule has 18 heavy (non-hydrogen) atoms. The first-order chi connectivity index (χ1) is 8.58. The zero-order chi connectivity index (χ0) is 13.1. The summed E-state index contributed by atoms with van der Waals surface area (Å²) in [6.07, 6.45) is 0. The molecule has 2 rings (SSSR count). The molecule has 5 heteroatoms. The standard InChI is InChI=1S/C13H15N3OS/c1-9-12(18-8-15-9)7-16(2)13(17)10-3-5-11(14)6-4-10/h3-6,8H,7,14H2,1-2H3. The van der Waals surface area contributed by atoms with Crippen LogP contribution in [-0.2, 0) is 6.54 Å². The van der Waals surface area contributed by atoms with Crippen molar-refractivity contribution in [1.82, 2.24) is 9.88 Å². The van der Waals surface area contributed by atoms with Gasteiger partial charge in [0.2, 0.25) is 0 Å². The number of carbonyl (C=O) groups is 1. The maximum absolute atomic E-state index is 12.2. The van der Waals surface area contributed by atoms with Crippen LogP contribution in [-0.4, -0.2) is 22.8 Å². The van der Waals surface area contributed by atoms with Crippen LogP contribution < -0.4 is 5.73 Å². The first-order valence-corrected chi connectivity index (χ1v) is 6.46. The maximum Gasteiger partial charge on any atom is 0.253 e. The summed E-state index contributed by atoms with van der Waals surface area (Å²) >= 11 is 1.57. The molecule has 0 aliphatic heterocycles. The largest absolute Gasteiger partial charge is 0.399 e. The molecule has 2 aromatic rings. The van der Waals surface area contributed by atoms with Gasteiger partial charge in [0.15, 0.2) is 0 Å². The number of nitrogens with two attached hydrogens (primary N) is 1. The molecule has 1 heterocycles. The number of anilines is 1. The van der Waals surface area contributed by atoms with Gasteiger partial charge in [-0.15, -0.1) is 11.3 Å². The van der Waals surface area contributed by atoms with Crippen LogP contribution in [0.25, 0.3) is 0 Å². The van der Waals surface area contributed by atoms with Gasteiger partial charge in [0.1, 0.15) is 0 Å². The summed E-state index contributed by atoms with van der Waals surface area (Å²) in [5, 5.41) is 0. The molecule has 0 saturated heterocycles. The summed E-state index contributed by atoms with van der Waals surface area (Å²) in [6.45, 7) is 2.53. The van der Waals surface area contributed by atoms with Crippen molar-refractivity contribution in [1.29, 1.82) is 0 Å². The van der Waals surface area contributed by atoms with Crippen LogP contribution in [0.2, 0.25) is 0 Å². The predicted molar refractivity (Wildman–Crippen MR) is 73.5 cm³/mol. The van der Waals surface area contributed by atoms with Crippen LogP contribution >= 0.6 is 11.3 Å². The molecule has 0 spiro atoms. The average molecular weight is 261 g/mol. The first kappa shape index (κ1) is 12.6. The van der Waals surface area contributed by atoms with Gasteiger partial charge in [-0.05, 0) is 31.2 Å². The van der Waals surface area contributed by atoms with Gasteiger partial charge in [-0.3, -0.25) is 4.79 Å². The van der Waals surface area contributed by atoms with E-state index in [1.807, 2.05) is 6.92 Å². The molecule has 0 bridgehead atoms. The van der Waals surface area contributed by atoms with Crippen LogP contribution in [0.4, 0.5) is 5.69 Å². The van der Waals surface area contributed by atoms with Crippen molar-refractivity contribution in [3.63, 3.8) is 0 Å². The number of nitrogens with zero attached hydrogens (tertiary/aromatic N) is 2. The number of thiazole rings is 1. The summed E-state index contributed by atoms with van der Waals surface area (Å²) in [5.41, 5.74) is 9.69. The van der Waals surface area contributed by atoms with Crippen LogP contribution in [0.5, 0.6) is 0 Å². The highest BCUT2D eigenvalue weighted by atomic mass is 32.1. The van der Waals surface area contributed by atoms with Crippen molar-refractivity contribution in [2.24, 2.45) is 0 Å². The molecule has 0 aliphatic carbocycles. The van der Waals surface area contributed by atoms with Crippen LogP contribution in [0, 0.1) is 6.92 Å². The molecule has 2 N–H and O–H groups in total. The third-order valence-electron chi connectivity index (χ3n) is 2.73. The second-order valence-electron chi connectivity index (χ2n) is 4.14. The van der Waals surface area contributed by atoms with Gasteiger partial charge < -0.3 is 10.6 Å². The summed E-state index contributed by atoms with van der Waals surface area (Å²) in [4.78, 5) is 19.1. The molecule has 0 atom stereocenters. The fraction of sp³-hybridized carbons (Fsp3) is 0.231. The van der Waals surface area contributed by atoms with E-state index in [1.54, 1.807) is 53.1 Å². The van der Waals surface area contributed by atoms with Crippen LogP contribution in [0.3, 0.4) is 0 Å². The minimum Gasteiger partial charge on any atom is -0.399 e. The Labute approximate surface area is 110 Å². The minimum absolute atomic E-state index is 0.0113. The molecule has 0 aliphatic rings. The summed E-state index contributed by atoms with van der Waals surface area (Å²) in [5.74, 6) is -0.0113. The van der Waals surface area contributed by atoms with Crippen molar-refractivity contribution in [3.8, 4) is 0 Å². The lowest BCUT2D eigenvalue weighted by atomic mass is 10.2. The van der Waals surface area contributed by atoms with Crippen molar-refractivity contribution >= 4 is 22.9 Å². The molecule has 94 valence electrons. The van der Waals surface area contributed by atoms with E-state index in [2.05, 4.69) is 4.98 Å². The number of hydrogen-bond acceptors (Lipinski definition) is 4. The Morgan fingerprint density at radius 2 is 2.06 bits per heavy atom. The SMILES string of the molecule is Cc1ncsc1CN(C)C(=O)c1ccc(N)cc1. The third kappa shape index (κ3) is 2.68. The van der Waals surface area contributed by atoms with Crippen LogP contribution in [0.1, 0.15) is 20.9 Å². The normalized spacial score (nSPS) is 10.3. The Morgan fingerprint density at radius 1 is 1.39 bits per heavy atom. The van der Waals surface area contributed by atoms with E-state index in [1.165, 1.54) is 0 Å². The smallest absolute Gasteiger partial charge is 0.253 e. The highest BCUT2D eigenvalue weighted by molar-refractivity contribution is 7.09. The van der Waals surface area contributed by atoms with E-state index in [0.29, 0.717) is 17.8 Å². The van der Waals surface area contributed by atoms with Crippen molar-refractivity contribution in [3.05, 3.63) is 45.9 Å². The second-order valence-corrected chi connectivity index (χ2v) is 5.08. The molecule has 1 aromatic heterocycles. The minimum atomic E-state index is -0.0113. The van der Waals surface area contributed by atoms with E-state index >= 15 is 0 Å². The predicted octanol–water partition coefficient (Wildman–Crippen LogP) is 2.31. The highest BCUT2D eigenvalue weighted by Gasteiger charge is 2.13. The molecular weight excluding hydrogens is 246 g/mol. The highest BCUT2D eigenvalue weighted by Crippen LogP contribution is 2.16. The van der Waals surface area contributed by atoms with Crippen molar-refractivity contribution < 1.29 is 4.79 Å². The molecule has 0 unspecified atom stereocenters. The van der Waals surface area contributed by atoms with E-state index in [9.17, 15) is 4.79 Å². The Bertz CT molecular complexity index is 548. The molecule has 0 saturated carbocycles. The van der Waals surface area contributed by atoms with Gasteiger partial charge in [0.05, 0.1) is 17.7 Å². The molecule has 0 radical (unpaired) electrons. The summed E-state index contributed by atoms with van der Waals surface area (Å²) in [6, 6.07) is 6.96. The van der Waals surface area contributed by atoms with Gasteiger partial charge >= 0.3 is 0 Å². The number of aryl methyl sites for hydroxylation is 1. The van der Waals surface area contributed by atoms with Gasteiger partial charge in [0, 0.05) is 23.2 Å². The monoisotopic (exact) mass is 261 g/mol. The lowest BCUT2D eigenvalue weighted by molar-refractivity contribution is 0.0786. The quantitative estimate of drug-likeness (QED) is 0.862. The van der Waals surface area contributed by atoms with E-state index in [4.69, 9.17) is 5.73 Å². The fourth-order valence-corrected chi connectivity index (χ4v) is 2.44. The number of nitrogen functional groups attached to an aromatic ring is 1. The number of amides is 1. The van der Waals surface area contributed by atoms with Crippen molar-refractivity contribution in [2.75, 3.05) is 12.8 Å². The van der Waals surface area contributed by atoms with E-state index < -0.39 is 0 Å². The Kier molecular flexibility index (Phi) is 3.62. The van der Waals surface area contributed by atoms with Gasteiger partial charge in [0.25, 0.3) is 5.91 Å². The summed E-state index contributed by atoms with van der Waals surface area (Å²) < 4.78 is 0. The second kappa shape index (κ2) is 5.18.